The number of piperidine rings is 1. The molecule has 3 aromatic rings. The van der Waals surface area contributed by atoms with Gasteiger partial charge in [-0.1, -0.05) is 18.2 Å². The largest absolute Gasteiger partial charge is 0.490 e. The zero-order valence-corrected chi connectivity index (χ0v) is 27.5. The van der Waals surface area contributed by atoms with E-state index in [-0.39, 0.29) is 5.91 Å². The first-order valence-corrected chi connectivity index (χ1v) is 15.7. The maximum Gasteiger partial charge on any atom is 0.490 e. The molecule has 284 valence electrons. The number of rotatable bonds is 7. The Kier molecular flexibility index (Phi) is 14.7. The third-order valence-corrected chi connectivity index (χ3v) is 8.04. The van der Waals surface area contributed by atoms with E-state index in [4.69, 9.17) is 29.3 Å². The second kappa shape index (κ2) is 18.5. The van der Waals surface area contributed by atoms with Crippen molar-refractivity contribution >= 4 is 34.7 Å². The molecule has 2 amide bonds. The second-order valence-corrected chi connectivity index (χ2v) is 11.6. The first-order chi connectivity index (χ1) is 24.4. The third-order valence-electron chi connectivity index (χ3n) is 8.04. The lowest BCUT2D eigenvalue weighted by Gasteiger charge is -2.42. The average molecular weight is 747 g/mol. The predicted molar refractivity (Wildman–Crippen MR) is 169 cm³/mol. The number of aliphatic carboxylic acids is 2. The van der Waals surface area contributed by atoms with Crippen molar-refractivity contribution < 1.29 is 70.4 Å². The Morgan fingerprint density at radius 1 is 0.923 bits per heavy atom. The van der Waals surface area contributed by atoms with Gasteiger partial charge in [0.25, 0.3) is 5.91 Å². The topological polar surface area (TPSA) is 188 Å². The highest BCUT2D eigenvalue weighted by atomic mass is 19.4. The van der Waals surface area contributed by atoms with Gasteiger partial charge in [0.1, 0.15) is 12.4 Å². The number of carbonyl (C=O) groups is 4. The van der Waals surface area contributed by atoms with Crippen LogP contribution in [0.5, 0.6) is 5.75 Å². The summed E-state index contributed by atoms with van der Waals surface area (Å²) in [6.07, 6.45) is -7.73. The summed E-state index contributed by atoms with van der Waals surface area (Å²) in [5.41, 5.74) is 5.17. The van der Waals surface area contributed by atoms with E-state index in [9.17, 15) is 41.1 Å². The third kappa shape index (κ3) is 12.3. The number of benzene rings is 2. The number of aromatic nitrogens is 1. The minimum Gasteiger partial charge on any atom is -0.489 e. The van der Waals surface area contributed by atoms with Crippen LogP contribution in [0.25, 0.3) is 10.9 Å². The SMILES string of the molecule is Cc1cc(COc2ccc(C(=O)N[C@@H]3CN(C4CCOCC4)CC[C@@H]3C(=O)NO)cc2)c2ccccc2n1.O=C(O)C(F)(F)F.O=C(O)C(F)(F)F. The van der Waals surface area contributed by atoms with Crippen LogP contribution in [0.3, 0.4) is 0 Å². The lowest BCUT2D eigenvalue weighted by Crippen LogP contribution is -2.58. The second-order valence-electron chi connectivity index (χ2n) is 11.6. The van der Waals surface area contributed by atoms with Crippen molar-refractivity contribution in [3.05, 3.63) is 71.4 Å². The van der Waals surface area contributed by atoms with Crippen molar-refractivity contribution in [2.45, 2.75) is 57.2 Å². The number of carboxylic acids is 2. The lowest BCUT2D eigenvalue weighted by atomic mass is 9.88. The molecule has 2 fully saturated rings. The van der Waals surface area contributed by atoms with Gasteiger partial charge in [-0.05, 0) is 69.1 Å². The van der Waals surface area contributed by atoms with Gasteiger partial charge in [0.2, 0.25) is 5.91 Å². The molecule has 2 aliphatic rings. The standard InChI is InChI=1S/C29H34N4O5.2C2HF3O2/c1-19-16-21(24-4-2-3-5-26(24)30-19)18-38-23-8-6-20(7-9-23)28(34)31-27-17-33(22-11-14-37-15-12-22)13-10-25(27)29(35)32-36;2*3-2(4,5)1(6)7/h2-9,16,22,25,27,36H,10-15,17-18H2,1H3,(H,31,34)(H,32,35);2*(H,6,7)/t25-,27+;;/m0../s1. The predicted octanol–water partition coefficient (Wildman–Crippen LogP) is 4.49. The number of fused-ring (bicyclic) bond motifs is 1. The van der Waals surface area contributed by atoms with Crippen LogP contribution in [-0.2, 0) is 25.7 Å². The number of halogens is 6. The number of aryl methyl sites for hydroxylation is 1. The number of likely N-dealkylation sites (tertiary alicyclic amines) is 1. The highest BCUT2D eigenvalue weighted by Crippen LogP contribution is 2.25. The summed E-state index contributed by atoms with van der Waals surface area (Å²) in [7, 11) is 0. The maximum absolute atomic E-state index is 13.1. The molecule has 0 aliphatic carbocycles. The molecule has 3 heterocycles. The molecular weight excluding hydrogens is 710 g/mol. The Morgan fingerprint density at radius 2 is 1.50 bits per heavy atom. The number of nitrogens with zero attached hydrogens (tertiary/aromatic N) is 2. The van der Waals surface area contributed by atoms with E-state index in [2.05, 4.69) is 15.2 Å². The fourth-order valence-corrected chi connectivity index (χ4v) is 5.53. The van der Waals surface area contributed by atoms with Gasteiger partial charge >= 0.3 is 24.3 Å². The number of hydrogen-bond donors (Lipinski definition) is 5. The van der Waals surface area contributed by atoms with Crippen LogP contribution in [0.1, 0.15) is 40.9 Å². The van der Waals surface area contributed by atoms with Crippen LogP contribution in [0.2, 0.25) is 0 Å². The van der Waals surface area contributed by atoms with E-state index in [1.165, 1.54) is 0 Å². The Morgan fingerprint density at radius 3 is 2.06 bits per heavy atom. The zero-order valence-electron chi connectivity index (χ0n) is 27.5. The van der Waals surface area contributed by atoms with Crippen LogP contribution in [-0.4, -0.2) is 99.8 Å². The van der Waals surface area contributed by atoms with Gasteiger partial charge in [0.05, 0.1) is 17.5 Å². The van der Waals surface area contributed by atoms with Crippen LogP contribution in [0.15, 0.2) is 54.6 Å². The number of pyridine rings is 1. The first-order valence-electron chi connectivity index (χ1n) is 15.7. The Balaban J connectivity index is 0.000000441. The minimum atomic E-state index is -5.08. The Hall–Kier alpha value is -5.01. The van der Waals surface area contributed by atoms with E-state index in [1.807, 2.05) is 37.3 Å². The van der Waals surface area contributed by atoms with Crippen LogP contribution in [0.4, 0.5) is 26.3 Å². The van der Waals surface area contributed by atoms with Gasteiger partial charge in [-0.15, -0.1) is 0 Å². The van der Waals surface area contributed by atoms with Crippen LogP contribution >= 0.6 is 0 Å². The van der Waals surface area contributed by atoms with Crippen LogP contribution in [0, 0.1) is 12.8 Å². The molecule has 13 nitrogen and oxygen atoms in total. The summed E-state index contributed by atoms with van der Waals surface area (Å²) in [5, 5.41) is 27.6. The van der Waals surface area contributed by atoms with Gasteiger partial charge in [-0.25, -0.2) is 15.1 Å². The van der Waals surface area contributed by atoms with Crippen molar-refractivity contribution in [1.82, 2.24) is 20.7 Å². The number of hydrogen-bond acceptors (Lipinski definition) is 9. The normalized spacial score (nSPS) is 18.2. The number of carbonyl (C=O) groups excluding carboxylic acids is 2. The molecule has 0 radical (unpaired) electrons. The number of amides is 2. The molecule has 5 rings (SSSR count). The monoisotopic (exact) mass is 746 g/mol. The molecule has 2 saturated heterocycles. The number of carboxylic acid groups (broad SMARTS) is 2. The molecule has 1 aromatic heterocycles. The molecule has 52 heavy (non-hydrogen) atoms. The lowest BCUT2D eigenvalue weighted by molar-refractivity contribution is -0.193. The number of nitrogens with one attached hydrogen (secondary N) is 2. The molecule has 5 N–H and O–H groups in total. The smallest absolute Gasteiger partial charge is 0.489 e. The quantitative estimate of drug-likeness (QED) is 0.130. The molecule has 19 heteroatoms. The Labute approximate surface area is 292 Å². The number of para-hydroxylation sites is 1. The summed E-state index contributed by atoms with van der Waals surface area (Å²) < 4.78 is 75.0. The van der Waals surface area contributed by atoms with Crippen molar-refractivity contribution in [2.75, 3.05) is 26.3 Å². The van der Waals surface area contributed by atoms with E-state index < -0.39 is 42.2 Å². The van der Waals surface area contributed by atoms with E-state index in [0.717, 1.165) is 54.8 Å². The number of alkyl halides is 6. The van der Waals surface area contributed by atoms with Gasteiger partial charge in [0.15, 0.2) is 0 Å². The minimum absolute atomic E-state index is 0.262. The zero-order chi connectivity index (χ0) is 38.6. The molecule has 0 bridgehead atoms. The summed E-state index contributed by atoms with van der Waals surface area (Å²) >= 11 is 0. The van der Waals surface area contributed by atoms with E-state index in [0.29, 0.717) is 36.9 Å². The number of hydroxylamine groups is 1. The molecule has 0 spiro atoms. The fraction of sp³-hybridized carbons (Fsp3) is 0.424. The highest BCUT2D eigenvalue weighted by molar-refractivity contribution is 5.95. The summed E-state index contributed by atoms with van der Waals surface area (Å²) in [6.45, 7) is 5.10. The molecule has 0 saturated carbocycles. The van der Waals surface area contributed by atoms with Gasteiger partial charge in [0, 0.05) is 48.0 Å². The Bertz CT molecular complexity index is 1660. The van der Waals surface area contributed by atoms with Crippen LogP contribution < -0.4 is 15.5 Å². The average Bonchev–Trinajstić information content (AvgIpc) is 3.10. The molecule has 2 aromatic carbocycles. The van der Waals surface area contributed by atoms with Crippen molar-refractivity contribution in [3.8, 4) is 5.75 Å². The summed E-state index contributed by atoms with van der Waals surface area (Å²) in [6, 6.07) is 17.0. The summed E-state index contributed by atoms with van der Waals surface area (Å²) in [5.74, 6) is -6.09. The van der Waals surface area contributed by atoms with Gasteiger partial charge < -0.3 is 25.0 Å². The molecular formula is C33H36F6N4O9. The van der Waals surface area contributed by atoms with Crippen molar-refractivity contribution in [1.29, 1.82) is 0 Å². The van der Waals surface area contributed by atoms with Crippen molar-refractivity contribution in [2.24, 2.45) is 5.92 Å². The first kappa shape index (κ1) is 41.4. The fourth-order valence-electron chi connectivity index (χ4n) is 5.53. The summed E-state index contributed by atoms with van der Waals surface area (Å²) in [4.78, 5) is 50.2. The molecule has 0 unspecified atom stereocenters. The number of ether oxygens (including phenoxy) is 2. The molecule has 2 atom stereocenters. The van der Waals surface area contributed by atoms with Crippen molar-refractivity contribution in [3.63, 3.8) is 0 Å². The van der Waals surface area contributed by atoms with Gasteiger partial charge in [-0.3, -0.25) is 24.7 Å². The molecule has 2 aliphatic heterocycles. The van der Waals surface area contributed by atoms with E-state index >= 15 is 0 Å². The highest BCUT2D eigenvalue weighted by Gasteiger charge is 2.39. The van der Waals surface area contributed by atoms with E-state index in [1.54, 1.807) is 29.7 Å². The maximum atomic E-state index is 13.1. The van der Waals surface area contributed by atoms with Gasteiger partial charge in [-0.2, -0.15) is 26.3 Å².